The average molecular weight is 455 g/mol. The second-order valence-electron chi connectivity index (χ2n) is 9.55. The number of fused-ring (bicyclic) bond motifs is 1. The van der Waals surface area contributed by atoms with E-state index in [2.05, 4.69) is 46.9 Å². The molecule has 0 aliphatic carbocycles. The summed E-state index contributed by atoms with van der Waals surface area (Å²) in [5.41, 5.74) is 5.45. The van der Waals surface area contributed by atoms with E-state index in [1.54, 1.807) is 7.11 Å². The first kappa shape index (κ1) is 24.3. The van der Waals surface area contributed by atoms with Crippen molar-refractivity contribution in [3.63, 3.8) is 0 Å². The molecule has 1 aliphatic heterocycles. The molecule has 0 spiro atoms. The van der Waals surface area contributed by atoms with Gasteiger partial charge in [0.2, 0.25) is 0 Å². The molecular weight excluding hydrogens is 416 g/mol. The quantitative estimate of drug-likeness (QED) is 0.331. The Labute approximate surface area is 194 Å². The van der Waals surface area contributed by atoms with Crippen LogP contribution in [0, 0.1) is 0 Å². The molecule has 0 radical (unpaired) electrons. The number of amides is 1. The summed E-state index contributed by atoms with van der Waals surface area (Å²) in [6.45, 7) is 15.9. The van der Waals surface area contributed by atoms with Crippen molar-refractivity contribution in [1.82, 2.24) is 0 Å². The lowest BCUT2D eigenvalue weighted by atomic mass is 10.1. The summed E-state index contributed by atoms with van der Waals surface area (Å²) < 4.78 is 11.9. The Bertz CT molecular complexity index is 903. The van der Waals surface area contributed by atoms with Crippen LogP contribution in [-0.4, -0.2) is 34.5 Å². The molecule has 174 valence electrons. The van der Waals surface area contributed by atoms with Gasteiger partial charge in [0, 0.05) is 23.5 Å². The first-order valence-electron chi connectivity index (χ1n) is 11.7. The summed E-state index contributed by atoms with van der Waals surface area (Å²) in [4.78, 5) is 14.6. The van der Waals surface area contributed by atoms with E-state index in [0.717, 1.165) is 34.8 Å². The number of nitrogens with one attached hydrogen (secondary N) is 1. The average Bonchev–Trinajstić information content (AvgIpc) is 3.09. The van der Waals surface area contributed by atoms with Crippen LogP contribution in [0.15, 0.2) is 42.5 Å². The van der Waals surface area contributed by atoms with Crippen molar-refractivity contribution in [3.05, 3.63) is 53.6 Å². The van der Waals surface area contributed by atoms with E-state index in [0.29, 0.717) is 29.8 Å². The fourth-order valence-corrected chi connectivity index (χ4v) is 10.8. The smallest absolute Gasteiger partial charge is 0.258 e. The number of rotatable bonds is 10. The van der Waals surface area contributed by atoms with E-state index in [4.69, 9.17) is 9.16 Å². The van der Waals surface area contributed by atoms with Gasteiger partial charge in [0.05, 0.1) is 20.3 Å². The van der Waals surface area contributed by atoms with Crippen LogP contribution in [0.3, 0.4) is 0 Å². The summed E-state index contributed by atoms with van der Waals surface area (Å²) in [6.07, 6.45) is 0. The Morgan fingerprint density at radius 1 is 0.969 bits per heavy atom. The highest BCUT2D eigenvalue weighted by atomic mass is 28.4. The second kappa shape index (κ2) is 10.1. The van der Waals surface area contributed by atoms with Gasteiger partial charge < -0.3 is 19.4 Å². The minimum Gasteiger partial charge on any atom is -0.497 e. The zero-order chi connectivity index (χ0) is 23.5. The maximum atomic E-state index is 12.8. The number of carbonyl (C=O) groups excluding carboxylic acids is 1. The van der Waals surface area contributed by atoms with Crippen LogP contribution in [0.4, 0.5) is 11.4 Å². The Morgan fingerprint density at radius 2 is 1.59 bits per heavy atom. The highest BCUT2D eigenvalue weighted by molar-refractivity contribution is 6.77. The first-order chi connectivity index (χ1) is 15.2. The molecule has 1 heterocycles. The van der Waals surface area contributed by atoms with Gasteiger partial charge >= 0.3 is 0 Å². The van der Waals surface area contributed by atoms with Crippen molar-refractivity contribution < 1.29 is 14.0 Å². The second-order valence-corrected chi connectivity index (χ2v) is 15.0. The molecule has 6 heteroatoms. The standard InChI is InChI=1S/C26H38N2O3Si/c1-18(2)32(19(3)4,20(5)6)31-15-14-27-22-8-10-23(11-9-22)28-17-21-16-24(30-7)12-13-25(21)26(28)29/h8-13,16,18-20,27H,14-15,17H2,1-7H3. The van der Waals surface area contributed by atoms with Gasteiger partial charge in [-0.05, 0) is 64.7 Å². The lowest BCUT2D eigenvalue weighted by Gasteiger charge is -2.42. The fourth-order valence-electron chi connectivity index (χ4n) is 5.32. The third-order valence-electron chi connectivity index (χ3n) is 6.79. The lowest BCUT2D eigenvalue weighted by Crippen LogP contribution is -2.48. The Morgan fingerprint density at radius 3 is 2.16 bits per heavy atom. The number of methoxy groups -OCH3 is 1. The van der Waals surface area contributed by atoms with Crippen LogP contribution in [0.5, 0.6) is 5.75 Å². The molecule has 3 rings (SSSR count). The Kier molecular flexibility index (Phi) is 7.67. The predicted octanol–water partition coefficient (Wildman–Crippen LogP) is 6.46. The summed E-state index contributed by atoms with van der Waals surface area (Å²) >= 11 is 0. The summed E-state index contributed by atoms with van der Waals surface area (Å²) in [6, 6.07) is 13.7. The molecule has 0 fully saturated rings. The van der Waals surface area contributed by atoms with Gasteiger partial charge in [-0.3, -0.25) is 4.79 Å². The van der Waals surface area contributed by atoms with Crippen LogP contribution >= 0.6 is 0 Å². The Hall–Kier alpha value is -2.31. The van der Waals surface area contributed by atoms with Crippen LogP contribution < -0.4 is 15.0 Å². The predicted molar refractivity (Wildman–Crippen MR) is 135 cm³/mol. The minimum atomic E-state index is -1.83. The van der Waals surface area contributed by atoms with E-state index < -0.39 is 8.32 Å². The molecule has 1 amide bonds. The summed E-state index contributed by atoms with van der Waals surface area (Å²) in [5, 5.41) is 3.47. The molecule has 0 saturated heterocycles. The minimum absolute atomic E-state index is 0.0362. The number of hydrogen-bond acceptors (Lipinski definition) is 4. The van der Waals surface area contributed by atoms with E-state index in [1.807, 2.05) is 47.4 Å². The number of benzene rings is 2. The molecule has 0 atom stereocenters. The van der Waals surface area contributed by atoms with Crippen molar-refractivity contribution >= 4 is 25.6 Å². The topological polar surface area (TPSA) is 50.8 Å². The highest BCUT2D eigenvalue weighted by Crippen LogP contribution is 2.42. The van der Waals surface area contributed by atoms with Crippen LogP contribution in [0.2, 0.25) is 16.6 Å². The fraction of sp³-hybridized carbons (Fsp3) is 0.500. The molecule has 0 aromatic heterocycles. The molecule has 0 unspecified atom stereocenters. The van der Waals surface area contributed by atoms with E-state index >= 15 is 0 Å². The molecule has 32 heavy (non-hydrogen) atoms. The van der Waals surface area contributed by atoms with Gasteiger partial charge in [0.25, 0.3) is 5.91 Å². The van der Waals surface area contributed by atoms with Crippen molar-refractivity contribution in [2.45, 2.75) is 64.7 Å². The monoisotopic (exact) mass is 454 g/mol. The maximum Gasteiger partial charge on any atom is 0.258 e. The number of anilines is 2. The van der Waals surface area contributed by atoms with Gasteiger partial charge in [-0.15, -0.1) is 0 Å². The van der Waals surface area contributed by atoms with E-state index in [9.17, 15) is 4.79 Å². The SMILES string of the molecule is COc1ccc2c(c1)CN(c1ccc(NCCO[Si](C(C)C)(C(C)C)C(C)C)cc1)C2=O. The van der Waals surface area contributed by atoms with Crippen molar-refractivity contribution in [2.75, 3.05) is 30.5 Å². The van der Waals surface area contributed by atoms with Gasteiger partial charge in [0.15, 0.2) is 8.32 Å². The third kappa shape index (κ3) is 4.71. The molecular formula is C26H38N2O3Si. The first-order valence-corrected chi connectivity index (χ1v) is 13.8. The van der Waals surface area contributed by atoms with Crippen LogP contribution in [-0.2, 0) is 11.0 Å². The molecule has 2 aromatic carbocycles. The van der Waals surface area contributed by atoms with Gasteiger partial charge in [-0.2, -0.15) is 0 Å². The molecule has 0 bridgehead atoms. The molecule has 5 nitrogen and oxygen atoms in total. The largest absolute Gasteiger partial charge is 0.497 e. The van der Waals surface area contributed by atoms with Crippen molar-refractivity contribution in [2.24, 2.45) is 0 Å². The molecule has 0 saturated carbocycles. The maximum absolute atomic E-state index is 12.8. The number of carbonyl (C=O) groups is 1. The Balaban J connectivity index is 1.58. The zero-order valence-electron chi connectivity index (χ0n) is 20.6. The number of hydrogen-bond donors (Lipinski definition) is 1. The molecule has 1 aliphatic rings. The summed E-state index contributed by atoms with van der Waals surface area (Å²) in [7, 11) is -0.189. The van der Waals surface area contributed by atoms with Gasteiger partial charge in [0.1, 0.15) is 5.75 Å². The highest BCUT2D eigenvalue weighted by Gasteiger charge is 2.44. The van der Waals surface area contributed by atoms with E-state index in [1.165, 1.54) is 0 Å². The third-order valence-corrected chi connectivity index (χ3v) is 12.9. The normalized spacial score (nSPS) is 13.9. The van der Waals surface area contributed by atoms with Crippen molar-refractivity contribution in [3.8, 4) is 5.75 Å². The van der Waals surface area contributed by atoms with Gasteiger partial charge in [-0.1, -0.05) is 41.5 Å². The lowest BCUT2D eigenvalue weighted by molar-refractivity contribution is 0.0996. The number of ether oxygens (including phenoxy) is 1. The van der Waals surface area contributed by atoms with Crippen molar-refractivity contribution in [1.29, 1.82) is 0 Å². The molecule has 1 N–H and O–H groups in total. The summed E-state index contributed by atoms with van der Waals surface area (Å²) in [5.74, 6) is 0.814. The van der Waals surface area contributed by atoms with Crippen LogP contribution in [0.25, 0.3) is 0 Å². The van der Waals surface area contributed by atoms with Crippen LogP contribution in [0.1, 0.15) is 57.5 Å². The zero-order valence-corrected chi connectivity index (χ0v) is 21.6. The molecule has 2 aromatic rings. The van der Waals surface area contributed by atoms with Gasteiger partial charge in [-0.25, -0.2) is 0 Å². The van der Waals surface area contributed by atoms with E-state index in [-0.39, 0.29) is 5.91 Å². The number of nitrogens with zero attached hydrogens (tertiary/aromatic N) is 1.